The van der Waals surface area contributed by atoms with Gasteiger partial charge in [0.15, 0.2) is 0 Å². The van der Waals surface area contributed by atoms with E-state index in [0.717, 1.165) is 31.7 Å². The Kier molecular flexibility index (Phi) is 3.46. The number of nitrogens with zero attached hydrogens (tertiary/aromatic N) is 1. The monoisotopic (exact) mass is 345 g/mol. The number of rotatable bonds is 3. The summed E-state index contributed by atoms with van der Waals surface area (Å²) in [6.45, 7) is 5.15. The van der Waals surface area contributed by atoms with E-state index in [1.807, 2.05) is 11.0 Å². The topological polar surface area (TPSA) is 29.5 Å². The standard InChI is InChI=1S/C23H23NO2/c1-2-23-13-16(14-23)11-12-24(23)22(25)26-15-21-19-9-5-3-7-17(19)18-8-4-6-10-20(18)21/h2-10,16,21H,1,11-15H2. The smallest absolute Gasteiger partial charge is 0.410 e. The molecule has 0 N–H and O–H groups in total. The third-order valence-electron chi connectivity index (χ3n) is 6.52. The van der Waals surface area contributed by atoms with E-state index in [4.69, 9.17) is 4.74 Å². The highest BCUT2D eigenvalue weighted by atomic mass is 16.6. The first-order valence-corrected chi connectivity index (χ1v) is 9.48. The number of fused-ring (bicyclic) bond motifs is 5. The fraction of sp³-hybridized carbons (Fsp3) is 0.348. The van der Waals surface area contributed by atoms with E-state index in [1.54, 1.807) is 0 Å². The van der Waals surface area contributed by atoms with Crippen LogP contribution in [0.25, 0.3) is 11.1 Å². The zero-order chi connectivity index (χ0) is 17.7. The molecule has 1 saturated carbocycles. The highest BCUT2D eigenvalue weighted by Gasteiger charge is 2.52. The lowest BCUT2D eigenvalue weighted by Gasteiger charge is -2.57. The fourth-order valence-electron chi connectivity index (χ4n) is 5.12. The van der Waals surface area contributed by atoms with Crippen LogP contribution in [0.15, 0.2) is 61.2 Å². The van der Waals surface area contributed by atoms with Gasteiger partial charge in [0, 0.05) is 12.5 Å². The van der Waals surface area contributed by atoms with Gasteiger partial charge in [0.05, 0.1) is 5.54 Å². The van der Waals surface area contributed by atoms with Gasteiger partial charge in [-0.1, -0.05) is 54.6 Å². The van der Waals surface area contributed by atoms with Gasteiger partial charge >= 0.3 is 6.09 Å². The predicted octanol–water partition coefficient (Wildman–Crippen LogP) is 4.98. The molecular weight excluding hydrogens is 322 g/mol. The maximum absolute atomic E-state index is 12.8. The van der Waals surface area contributed by atoms with Crippen molar-refractivity contribution in [2.24, 2.45) is 5.92 Å². The average molecular weight is 345 g/mol. The average Bonchev–Trinajstić information content (AvgIpc) is 2.99. The van der Waals surface area contributed by atoms with Gasteiger partial charge < -0.3 is 4.74 Å². The molecule has 4 aliphatic rings. The summed E-state index contributed by atoms with van der Waals surface area (Å²) < 4.78 is 5.84. The van der Waals surface area contributed by atoms with Crippen molar-refractivity contribution >= 4 is 6.09 Å². The van der Waals surface area contributed by atoms with Crippen molar-refractivity contribution in [3.8, 4) is 11.1 Å². The normalized spacial score (nSPS) is 25.8. The van der Waals surface area contributed by atoms with Crippen LogP contribution in [0.1, 0.15) is 36.3 Å². The molecule has 0 radical (unpaired) electrons. The largest absolute Gasteiger partial charge is 0.448 e. The molecule has 2 bridgehead atoms. The highest BCUT2D eigenvalue weighted by molar-refractivity contribution is 5.79. The Balaban J connectivity index is 1.37. The number of carbonyl (C=O) groups is 1. The van der Waals surface area contributed by atoms with Crippen LogP contribution >= 0.6 is 0 Å². The van der Waals surface area contributed by atoms with Crippen LogP contribution in [-0.4, -0.2) is 29.7 Å². The second-order valence-electron chi connectivity index (χ2n) is 7.83. The number of amides is 1. The maximum Gasteiger partial charge on any atom is 0.410 e. The summed E-state index contributed by atoms with van der Waals surface area (Å²) in [6.07, 6.45) is 4.93. The molecule has 0 unspecified atom stereocenters. The van der Waals surface area contributed by atoms with E-state index in [2.05, 4.69) is 55.1 Å². The molecule has 0 aromatic heterocycles. The van der Waals surface area contributed by atoms with Crippen LogP contribution in [-0.2, 0) is 4.74 Å². The van der Waals surface area contributed by atoms with Crippen LogP contribution in [0.2, 0.25) is 0 Å². The first-order valence-electron chi connectivity index (χ1n) is 9.48. The van der Waals surface area contributed by atoms with Crippen molar-refractivity contribution in [3.63, 3.8) is 0 Å². The quantitative estimate of drug-likeness (QED) is 0.735. The molecule has 0 spiro atoms. The number of ether oxygens (including phenoxy) is 1. The van der Waals surface area contributed by atoms with Crippen molar-refractivity contribution in [2.45, 2.75) is 30.7 Å². The lowest BCUT2D eigenvalue weighted by molar-refractivity contribution is -0.0380. The molecule has 2 heterocycles. The molecule has 0 atom stereocenters. The summed E-state index contributed by atoms with van der Waals surface area (Å²) in [5.41, 5.74) is 4.86. The number of carbonyl (C=O) groups excluding carboxylic acids is 1. The van der Waals surface area contributed by atoms with Crippen molar-refractivity contribution in [1.82, 2.24) is 4.90 Å². The molecular formula is C23H23NO2. The van der Waals surface area contributed by atoms with Crippen molar-refractivity contribution in [1.29, 1.82) is 0 Å². The summed E-state index contributed by atoms with van der Waals surface area (Å²) in [5, 5.41) is 0. The van der Waals surface area contributed by atoms with Gasteiger partial charge in [-0.05, 0) is 47.4 Å². The number of benzene rings is 2. The molecule has 2 aromatic rings. The van der Waals surface area contributed by atoms with E-state index in [1.165, 1.54) is 22.3 Å². The summed E-state index contributed by atoms with van der Waals surface area (Å²) in [4.78, 5) is 14.7. The molecule has 2 aliphatic carbocycles. The molecule has 1 amide bonds. The van der Waals surface area contributed by atoms with Crippen molar-refractivity contribution < 1.29 is 9.53 Å². The molecule has 2 aromatic carbocycles. The Morgan fingerprint density at radius 1 is 1.12 bits per heavy atom. The van der Waals surface area contributed by atoms with Crippen LogP contribution in [0, 0.1) is 5.92 Å². The molecule has 6 rings (SSSR count). The SMILES string of the molecule is C=CC12CC(CCN1C(=O)OCC1c3ccccc3-c3ccccc31)C2. The minimum Gasteiger partial charge on any atom is -0.448 e. The number of hydrogen-bond acceptors (Lipinski definition) is 2. The Morgan fingerprint density at radius 3 is 2.35 bits per heavy atom. The second kappa shape index (κ2) is 5.73. The zero-order valence-corrected chi connectivity index (χ0v) is 14.9. The third-order valence-corrected chi connectivity index (χ3v) is 6.52. The van der Waals surface area contributed by atoms with Crippen molar-refractivity contribution in [2.75, 3.05) is 13.2 Å². The third kappa shape index (κ3) is 2.16. The highest BCUT2D eigenvalue weighted by Crippen LogP contribution is 2.50. The summed E-state index contributed by atoms with van der Waals surface area (Å²) in [7, 11) is 0. The van der Waals surface area contributed by atoms with Crippen LogP contribution in [0.4, 0.5) is 4.79 Å². The fourth-order valence-corrected chi connectivity index (χ4v) is 5.12. The molecule has 132 valence electrons. The first-order chi connectivity index (χ1) is 12.7. The molecule has 3 fully saturated rings. The van der Waals surface area contributed by atoms with Crippen molar-refractivity contribution in [3.05, 3.63) is 72.3 Å². The summed E-state index contributed by atoms with van der Waals surface area (Å²) in [5.74, 6) is 0.871. The zero-order valence-electron chi connectivity index (χ0n) is 14.9. The Labute approximate surface area is 154 Å². The van der Waals surface area contributed by atoms with Crippen LogP contribution in [0.3, 0.4) is 0 Å². The van der Waals surface area contributed by atoms with Gasteiger partial charge in [0.2, 0.25) is 0 Å². The number of hydrogen-bond donors (Lipinski definition) is 0. The van der Waals surface area contributed by atoms with Gasteiger partial charge in [-0.15, -0.1) is 6.58 Å². The van der Waals surface area contributed by atoms with E-state index in [-0.39, 0.29) is 17.6 Å². The molecule has 3 nitrogen and oxygen atoms in total. The second-order valence-corrected chi connectivity index (χ2v) is 7.83. The Morgan fingerprint density at radius 2 is 1.73 bits per heavy atom. The lowest BCUT2D eigenvalue weighted by Crippen LogP contribution is -2.63. The van der Waals surface area contributed by atoms with E-state index in [0.29, 0.717) is 6.61 Å². The number of piperidine rings is 2. The summed E-state index contributed by atoms with van der Waals surface area (Å²) >= 11 is 0. The minimum absolute atomic E-state index is 0.116. The maximum atomic E-state index is 12.8. The lowest BCUT2D eigenvalue weighted by atomic mass is 9.63. The first kappa shape index (κ1) is 15.7. The van der Waals surface area contributed by atoms with E-state index in [9.17, 15) is 4.79 Å². The Bertz CT molecular complexity index is 836. The van der Waals surface area contributed by atoms with E-state index < -0.39 is 0 Å². The van der Waals surface area contributed by atoms with Gasteiger partial charge in [-0.2, -0.15) is 0 Å². The van der Waals surface area contributed by atoms with Gasteiger partial charge in [-0.25, -0.2) is 4.79 Å². The molecule has 26 heavy (non-hydrogen) atoms. The van der Waals surface area contributed by atoms with Gasteiger partial charge in [-0.3, -0.25) is 4.90 Å². The van der Waals surface area contributed by atoms with Crippen LogP contribution in [0.5, 0.6) is 0 Å². The molecule has 3 heteroatoms. The molecule has 2 aliphatic heterocycles. The molecule has 2 saturated heterocycles. The Hall–Kier alpha value is -2.55. The van der Waals surface area contributed by atoms with E-state index >= 15 is 0 Å². The predicted molar refractivity (Wildman–Crippen MR) is 102 cm³/mol. The van der Waals surface area contributed by atoms with Gasteiger partial charge in [0.25, 0.3) is 0 Å². The minimum atomic E-state index is -0.190. The summed E-state index contributed by atoms with van der Waals surface area (Å²) in [6, 6.07) is 16.9. The van der Waals surface area contributed by atoms with Crippen LogP contribution < -0.4 is 0 Å². The van der Waals surface area contributed by atoms with Gasteiger partial charge in [0.1, 0.15) is 6.61 Å².